The Morgan fingerprint density at radius 2 is 1.70 bits per heavy atom. The number of benzene rings is 2. The molecule has 0 saturated heterocycles. The van der Waals surface area contributed by atoms with Crippen molar-refractivity contribution in [1.82, 2.24) is 19.5 Å². The fourth-order valence-electron chi connectivity index (χ4n) is 3.67. The van der Waals surface area contributed by atoms with E-state index in [0.717, 1.165) is 29.2 Å². The minimum Gasteiger partial charge on any atom is -0.324 e. The molecule has 5 rings (SSSR count). The van der Waals surface area contributed by atoms with Gasteiger partial charge in [0, 0.05) is 47.5 Å². The van der Waals surface area contributed by atoms with Crippen LogP contribution in [0.4, 0.5) is 11.6 Å². The molecule has 0 unspecified atom stereocenters. The summed E-state index contributed by atoms with van der Waals surface area (Å²) in [6.07, 6.45) is 6.48. The molecular formula is C25H21N5. The number of aryl methyl sites for hydroxylation is 1. The lowest BCUT2D eigenvalue weighted by Crippen LogP contribution is -2.02. The van der Waals surface area contributed by atoms with Crippen LogP contribution >= 0.6 is 0 Å². The third-order valence-electron chi connectivity index (χ3n) is 5.02. The average molecular weight is 391 g/mol. The predicted molar refractivity (Wildman–Crippen MR) is 120 cm³/mol. The quantitative estimate of drug-likeness (QED) is 0.432. The van der Waals surface area contributed by atoms with Crippen LogP contribution in [0, 0.1) is 6.92 Å². The first kappa shape index (κ1) is 18.1. The number of aromatic nitrogens is 4. The van der Waals surface area contributed by atoms with Crippen molar-refractivity contribution in [3.8, 4) is 5.69 Å². The van der Waals surface area contributed by atoms with Crippen LogP contribution in [-0.4, -0.2) is 19.5 Å². The highest BCUT2D eigenvalue weighted by molar-refractivity contribution is 5.82. The van der Waals surface area contributed by atoms with Crippen LogP contribution in [0.3, 0.4) is 0 Å². The molecule has 0 bridgehead atoms. The number of pyridine rings is 1. The van der Waals surface area contributed by atoms with Crippen LogP contribution in [0.2, 0.25) is 0 Å². The molecule has 30 heavy (non-hydrogen) atoms. The van der Waals surface area contributed by atoms with Gasteiger partial charge < -0.3 is 9.88 Å². The van der Waals surface area contributed by atoms with Gasteiger partial charge in [-0.15, -0.1) is 0 Å². The number of para-hydroxylation sites is 1. The number of hydrogen-bond acceptors (Lipinski definition) is 4. The molecule has 2 aromatic carbocycles. The number of fused-ring (bicyclic) bond motifs is 1. The van der Waals surface area contributed by atoms with Gasteiger partial charge in [-0.1, -0.05) is 24.3 Å². The number of nitrogens with one attached hydrogen (secondary N) is 1. The molecule has 0 atom stereocenters. The van der Waals surface area contributed by atoms with E-state index in [0.29, 0.717) is 5.95 Å². The van der Waals surface area contributed by atoms with E-state index in [9.17, 15) is 0 Å². The van der Waals surface area contributed by atoms with E-state index in [1.807, 2.05) is 67.8 Å². The summed E-state index contributed by atoms with van der Waals surface area (Å²) in [4.78, 5) is 13.4. The maximum atomic E-state index is 4.72. The summed E-state index contributed by atoms with van der Waals surface area (Å²) < 4.78 is 2.18. The smallest absolute Gasteiger partial charge is 0.227 e. The average Bonchev–Trinajstić information content (AvgIpc) is 3.18. The van der Waals surface area contributed by atoms with E-state index in [4.69, 9.17) is 4.98 Å². The van der Waals surface area contributed by atoms with Crippen molar-refractivity contribution in [2.75, 3.05) is 5.32 Å². The van der Waals surface area contributed by atoms with Gasteiger partial charge in [0.1, 0.15) is 0 Å². The zero-order valence-electron chi connectivity index (χ0n) is 16.7. The topological polar surface area (TPSA) is 55.6 Å². The van der Waals surface area contributed by atoms with E-state index < -0.39 is 0 Å². The molecule has 0 aliphatic rings. The lowest BCUT2D eigenvalue weighted by Gasteiger charge is -2.09. The molecule has 5 aromatic rings. The molecule has 1 N–H and O–H groups in total. The molecule has 0 amide bonds. The van der Waals surface area contributed by atoms with Crippen LogP contribution in [-0.2, 0) is 6.42 Å². The third-order valence-corrected chi connectivity index (χ3v) is 5.02. The molecule has 0 radical (unpaired) electrons. The van der Waals surface area contributed by atoms with Gasteiger partial charge in [-0.3, -0.25) is 4.98 Å². The molecule has 0 fully saturated rings. The molecule has 0 spiro atoms. The summed E-state index contributed by atoms with van der Waals surface area (Å²) in [6, 6.07) is 24.8. The first-order valence-electron chi connectivity index (χ1n) is 9.92. The molecule has 3 aromatic heterocycles. The Morgan fingerprint density at radius 1 is 0.867 bits per heavy atom. The van der Waals surface area contributed by atoms with Crippen molar-refractivity contribution in [3.63, 3.8) is 0 Å². The zero-order valence-corrected chi connectivity index (χ0v) is 16.7. The lowest BCUT2D eigenvalue weighted by molar-refractivity contribution is 1.01. The Kier molecular flexibility index (Phi) is 4.69. The summed E-state index contributed by atoms with van der Waals surface area (Å²) in [7, 11) is 0. The number of rotatable bonds is 5. The molecule has 0 saturated carbocycles. The van der Waals surface area contributed by atoms with Gasteiger partial charge in [-0.25, -0.2) is 9.97 Å². The minimum atomic E-state index is 0.626. The third kappa shape index (κ3) is 3.78. The van der Waals surface area contributed by atoms with E-state index in [-0.39, 0.29) is 0 Å². The summed E-state index contributed by atoms with van der Waals surface area (Å²) in [5, 5.41) is 4.50. The number of nitrogens with zero attached hydrogens (tertiary/aromatic N) is 4. The van der Waals surface area contributed by atoms with Gasteiger partial charge in [0.15, 0.2) is 0 Å². The number of anilines is 2. The zero-order chi connectivity index (χ0) is 20.3. The maximum Gasteiger partial charge on any atom is 0.227 e. The Bertz CT molecular complexity index is 1290. The van der Waals surface area contributed by atoms with Crippen LogP contribution in [0.1, 0.15) is 17.0 Å². The molecular weight excluding hydrogens is 370 g/mol. The standard InChI is InChI=1S/C25H21N5/c1-18-15-22(29-25(27-18)28-21-5-3-2-4-6-21)17-19-7-8-24-20(16-19)11-14-30(24)23-9-12-26-13-10-23/h2-16H,17H2,1H3,(H,27,28,29). The highest BCUT2D eigenvalue weighted by atomic mass is 15.1. The Morgan fingerprint density at radius 3 is 2.53 bits per heavy atom. The highest BCUT2D eigenvalue weighted by Crippen LogP contribution is 2.23. The normalized spacial score (nSPS) is 11.0. The van der Waals surface area contributed by atoms with Gasteiger partial charge in [0.2, 0.25) is 5.95 Å². The van der Waals surface area contributed by atoms with Crippen molar-refractivity contribution >= 4 is 22.5 Å². The van der Waals surface area contributed by atoms with E-state index in [1.165, 1.54) is 16.5 Å². The van der Waals surface area contributed by atoms with Crippen LogP contribution in [0.15, 0.2) is 91.4 Å². The Hall–Kier alpha value is -3.99. The summed E-state index contributed by atoms with van der Waals surface area (Å²) in [5.41, 5.74) is 6.43. The van der Waals surface area contributed by atoms with E-state index >= 15 is 0 Å². The van der Waals surface area contributed by atoms with Gasteiger partial charge in [0.25, 0.3) is 0 Å². The molecule has 146 valence electrons. The highest BCUT2D eigenvalue weighted by Gasteiger charge is 2.07. The largest absolute Gasteiger partial charge is 0.324 e. The van der Waals surface area contributed by atoms with Gasteiger partial charge in [0.05, 0.1) is 11.2 Å². The molecule has 5 heteroatoms. The SMILES string of the molecule is Cc1cc(Cc2ccc3c(ccn3-c3ccncc3)c2)nc(Nc2ccccc2)n1. The fraction of sp³-hybridized carbons (Fsp3) is 0.0800. The lowest BCUT2D eigenvalue weighted by atomic mass is 10.1. The van der Waals surface area contributed by atoms with Crippen molar-refractivity contribution in [3.05, 3.63) is 108 Å². The molecule has 0 aliphatic carbocycles. The predicted octanol–water partition coefficient (Wildman–Crippen LogP) is 5.46. The fourth-order valence-corrected chi connectivity index (χ4v) is 3.67. The number of hydrogen-bond donors (Lipinski definition) is 1. The first-order valence-corrected chi connectivity index (χ1v) is 9.92. The maximum absolute atomic E-state index is 4.72. The molecule has 3 heterocycles. The second-order valence-corrected chi connectivity index (χ2v) is 7.28. The van der Waals surface area contributed by atoms with Gasteiger partial charge in [-0.2, -0.15) is 0 Å². The first-order chi connectivity index (χ1) is 14.7. The molecule has 5 nitrogen and oxygen atoms in total. The van der Waals surface area contributed by atoms with Crippen molar-refractivity contribution in [2.45, 2.75) is 13.3 Å². The van der Waals surface area contributed by atoms with E-state index in [1.54, 1.807) is 0 Å². The van der Waals surface area contributed by atoms with Gasteiger partial charge in [-0.05, 0) is 61.0 Å². The Labute approximate surface area is 175 Å². The monoisotopic (exact) mass is 391 g/mol. The van der Waals surface area contributed by atoms with Gasteiger partial charge >= 0.3 is 0 Å². The van der Waals surface area contributed by atoms with Crippen molar-refractivity contribution in [1.29, 1.82) is 0 Å². The van der Waals surface area contributed by atoms with Crippen LogP contribution in [0.25, 0.3) is 16.6 Å². The second kappa shape index (κ2) is 7.79. The summed E-state index contributed by atoms with van der Waals surface area (Å²) >= 11 is 0. The minimum absolute atomic E-state index is 0.626. The summed E-state index contributed by atoms with van der Waals surface area (Å²) in [6.45, 7) is 2.00. The van der Waals surface area contributed by atoms with Crippen LogP contribution < -0.4 is 5.32 Å². The van der Waals surface area contributed by atoms with Crippen molar-refractivity contribution in [2.24, 2.45) is 0 Å². The second-order valence-electron chi connectivity index (χ2n) is 7.28. The van der Waals surface area contributed by atoms with Crippen LogP contribution in [0.5, 0.6) is 0 Å². The van der Waals surface area contributed by atoms with Crippen molar-refractivity contribution < 1.29 is 0 Å². The molecule has 0 aliphatic heterocycles. The summed E-state index contributed by atoms with van der Waals surface area (Å²) in [5.74, 6) is 0.626. The van der Waals surface area contributed by atoms with E-state index in [2.05, 4.69) is 50.3 Å². The Balaban J connectivity index is 1.42.